The van der Waals surface area contributed by atoms with E-state index in [-0.39, 0.29) is 12.5 Å². The Morgan fingerprint density at radius 2 is 2.15 bits per heavy atom. The van der Waals surface area contributed by atoms with Crippen molar-refractivity contribution in [1.29, 1.82) is 5.26 Å². The molecule has 1 aliphatic rings. The van der Waals surface area contributed by atoms with E-state index >= 15 is 0 Å². The number of hydrogen-bond acceptors (Lipinski definition) is 4. The Kier molecular flexibility index (Phi) is 4.46. The van der Waals surface area contributed by atoms with Gasteiger partial charge in [0, 0.05) is 26.2 Å². The Balaban J connectivity index is 2.13. The molecular weight excluding hydrogens is 254 g/mol. The minimum atomic E-state index is 0.108. The van der Waals surface area contributed by atoms with Crippen LogP contribution in [0.5, 0.6) is 5.75 Å². The van der Waals surface area contributed by atoms with Gasteiger partial charge in [0.05, 0.1) is 24.9 Å². The van der Waals surface area contributed by atoms with E-state index in [2.05, 4.69) is 6.07 Å². The molecule has 1 aromatic carbocycles. The number of carbonyl (C=O) groups excluding carboxylic acids is 1. The average Bonchev–Trinajstić information content (AvgIpc) is 3.00. The molecule has 0 atom stereocenters. The smallest absolute Gasteiger partial charge is 0.242 e. The molecule has 0 aliphatic carbocycles. The molecule has 0 radical (unpaired) electrons. The second kappa shape index (κ2) is 6.29. The van der Waals surface area contributed by atoms with Crippen LogP contribution in [0.15, 0.2) is 18.2 Å². The molecule has 0 aromatic heterocycles. The summed E-state index contributed by atoms with van der Waals surface area (Å²) in [6.45, 7) is 1.97. The van der Waals surface area contributed by atoms with Crippen molar-refractivity contribution < 1.29 is 9.53 Å². The van der Waals surface area contributed by atoms with Crippen LogP contribution < -0.4 is 9.64 Å². The largest absolute Gasteiger partial charge is 0.497 e. The summed E-state index contributed by atoms with van der Waals surface area (Å²) in [7, 11) is 3.41. The van der Waals surface area contributed by atoms with E-state index in [1.54, 1.807) is 25.3 Å². The van der Waals surface area contributed by atoms with Gasteiger partial charge in [-0.05, 0) is 25.0 Å². The van der Waals surface area contributed by atoms with E-state index in [4.69, 9.17) is 10.00 Å². The van der Waals surface area contributed by atoms with E-state index in [1.165, 1.54) is 0 Å². The zero-order valence-electron chi connectivity index (χ0n) is 11.9. The molecule has 20 heavy (non-hydrogen) atoms. The van der Waals surface area contributed by atoms with Crippen LogP contribution in [-0.2, 0) is 4.79 Å². The maximum Gasteiger partial charge on any atom is 0.242 e. The summed E-state index contributed by atoms with van der Waals surface area (Å²) in [5.74, 6) is 0.788. The second-order valence-corrected chi connectivity index (χ2v) is 4.94. The Morgan fingerprint density at radius 1 is 1.45 bits per heavy atom. The van der Waals surface area contributed by atoms with Crippen LogP contribution >= 0.6 is 0 Å². The zero-order valence-corrected chi connectivity index (χ0v) is 11.9. The van der Waals surface area contributed by atoms with Crippen molar-refractivity contribution in [3.05, 3.63) is 23.8 Å². The number of methoxy groups -OCH3 is 1. The number of anilines is 1. The summed E-state index contributed by atoms with van der Waals surface area (Å²) in [6.07, 6.45) is 2.16. The fourth-order valence-corrected chi connectivity index (χ4v) is 2.40. The van der Waals surface area contributed by atoms with Crippen molar-refractivity contribution in [3.63, 3.8) is 0 Å². The Hall–Kier alpha value is -2.22. The molecule has 1 fully saturated rings. The van der Waals surface area contributed by atoms with Crippen molar-refractivity contribution in [1.82, 2.24) is 4.90 Å². The highest BCUT2D eigenvalue weighted by atomic mass is 16.5. The SMILES string of the molecule is COc1ccc(C#N)c(N(C)CC(=O)N2CCCC2)c1. The molecule has 1 saturated heterocycles. The standard InChI is InChI=1S/C15H19N3O2/c1-17(11-15(19)18-7-3-4-8-18)14-9-13(20-2)6-5-12(14)10-16/h5-6,9H,3-4,7-8,11H2,1-2H3. The van der Waals surface area contributed by atoms with Gasteiger partial charge in [0.1, 0.15) is 11.8 Å². The molecule has 1 heterocycles. The molecule has 0 N–H and O–H groups in total. The molecular formula is C15H19N3O2. The average molecular weight is 273 g/mol. The molecule has 5 heteroatoms. The lowest BCUT2D eigenvalue weighted by atomic mass is 10.1. The van der Waals surface area contributed by atoms with Crippen molar-refractivity contribution >= 4 is 11.6 Å². The molecule has 106 valence electrons. The van der Waals surface area contributed by atoms with Gasteiger partial charge in [0.25, 0.3) is 0 Å². The van der Waals surface area contributed by atoms with Gasteiger partial charge in [-0.2, -0.15) is 5.26 Å². The number of nitriles is 1. The molecule has 0 bridgehead atoms. The fourth-order valence-electron chi connectivity index (χ4n) is 2.40. The van der Waals surface area contributed by atoms with Crippen LogP contribution in [-0.4, -0.2) is 44.6 Å². The lowest BCUT2D eigenvalue weighted by Crippen LogP contribution is -2.37. The highest BCUT2D eigenvalue weighted by molar-refractivity contribution is 5.82. The maximum atomic E-state index is 12.2. The predicted molar refractivity (Wildman–Crippen MR) is 76.8 cm³/mol. The number of amides is 1. The zero-order chi connectivity index (χ0) is 14.5. The monoisotopic (exact) mass is 273 g/mol. The Bertz CT molecular complexity index is 530. The number of rotatable bonds is 4. The number of nitrogens with zero attached hydrogens (tertiary/aromatic N) is 3. The molecule has 1 aromatic rings. The quantitative estimate of drug-likeness (QED) is 0.836. The molecule has 5 nitrogen and oxygen atoms in total. The molecule has 0 spiro atoms. The molecule has 1 aliphatic heterocycles. The van der Waals surface area contributed by atoms with E-state index in [1.807, 2.05) is 16.8 Å². The number of hydrogen-bond donors (Lipinski definition) is 0. The Morgan fingerprint density at radius 3 is 2.75 bits per heavy atom. The Labute approximate surface area is 119 Å². The van der Waals surface area contributed by atoms with Gasteiger partial charge in [0.2, 0.25) is 5.91 Å². The van der Waals surface area contributed by atoms with Crippen LogP contribution in [0.4, 0.5) is 5.69 Å². The van der Waals surface area contributed by atoms with Gasteiger partial charge in [-0.3, -0.25) is 4.79 Å². The first-order chi connectivity index (χ1) is 9.65. The van der Waals surface area contributed by atoms with Gasteiger partial charge in [-0.1, -0.05) is 0 Å². The van der Waals surface area contributed by atoms with Crippen molar-refractivity contribution in [3.8, 4) is 11.8 Å². The summed E-state index contributed by atoms with van der Waals surface area (Å²) in [6, 6.07) is 7.40. The normalized spacial score (nSPS) is 13.9. The first-order valence-corrected chi connectivity index (χ1v) is 6.72. The lowest BCUT2D eigenvalue weighted by Gasteiger charge is -2.23. The van der Waals surface area contributed by atoms with Crippen molar-refractivity contribution in [2.24, 2.45) is 0 Å². The number of ether oxygens (including phenoxy) is 1. The van der Waals surface area contributed by atoms with Crippen molar-refractivity contribution in [2.75, 3.05) is 38.7 Å². The summed E-state index contributed by atoms with van der Waals surface area (Å²) in [4.78, 5) is 15.8. The number of likely N-dealkylation sites (N-methyl/N-ethyl adjacent to an activating group) is 1. The van der Waals surface area contributed by atoms with E-state index in [0.29, 0.717) is 11.3 Å². The third kappa shape index (κ3) is 3.02. The molecule has 2 rings (SSSR count). The minimum absolute atomic E-state index is 0.108. The predicted octanol–water partition coefficient (Wildman–Crippen LogP) is 1.63. The van der Waals surface area contributed by atoms with Crippen molar-refractivity contribution in [2.45, 2.75) is 12.8 Å². The summed E-state index contributed by atoms with van der Waals surface area (Å²) >= 11 is 0. The third-order valence-corrected chi connectivity index (χ3v) is 3.57. The number of carbonyl (C=O) groups is 1. The third-order valence-electron chi connectivity index (χ3n) is 3.57. The number of benzene rings is 1. The highest BCUT2D eigenvalue weighted by Gasteiger charge is 2.20. The van der Waals surface area contributed by atoms with Gasteiger partial charge < -0.3 is 14.5 Å². The highest BCUT2D eigenvalue weighted by Crippen LogP contribution is 2.25. The summed E-state index contributed by atoms with van der Waals surface area (Å²) < 4.78 is 5.18. The number of likely N-dealkylation sites (tertiary alicyclic amines) is 1. The fraction of sp³-hybridized carbons (Fsp3) is 0.467. The first kappa shape index (κ1) is 14.2. The summed E-state index contributed by atoms with van der Waals surface area (Å²) in [5, 5.41) is 9.16. The minimum Gasteiger partial charge on any atom is -0.497 e. The van der Waals surface area contributed by atoms with Crippen LogP contribution in [0.25, 0.3) is 0 Å². The van der Waals surface area contributed by atoms with Gasteiger partial charge in [-0.15, -0.1) is 0 Å². The topological polar surface area (TPSA) is 56.6 Å². The second-order valence-electron chi connectivity index (χ2n) is 4.94. The molecule has 0 saturated carbocycles. The summed E-state index contributed by atoms with van der Waals surface area (Å²) in [5.41, 5.74) is 1.27. The van der Waals surface area contributed by atoms with Gasteiger partial charge in [0.15, 0.2) is 0 Å². The van der Waals surface area contributed by atoms with E-state index < -0.39 is 0 Å². The maximum absolute atomic E-state index is 12.2. The lowest BCUT2D eigenvalue weighted by molar-refractivity contribution is -0.128. The van der Waals surface area contributed by atoms with Crippen LogP contribution in [0, 0.1) is 11.3 Å². The van der Waals surface area contributed by atoms with E-state index in [9.17, 15) is 4.79 Å². The van der Waals surface area contributed by atoms with Crippen LogP contribution in [0.2, 0.25) is 0 Å². The van der Waals surface area contributed by atoms with Gasteiger partial charge in [-0.25, -0.2) is 0 Å². The van der Waals surface area contributed by atoms with Crippen LogP contribution in [0.3, 0.4) is 0 Å². The molecule has 1 amide bonds. The van der Waals surface area contributed by atoms with E-state index in [0.717, 1.165) is 31.6 Å². The first-order valence-electron chi connectivity index (χ1n) is 6.72. The van der Waals surface area contributed by atoms with Gasteiger partial charge >= 0.3 is 0 Å². The molecule has 0 unspecified atom stereocenters. The van der Waals surface area contributed by atoms with Crippen LogP contribution in [0.1, 0.15) is 18.4 Å².